The summed E-state index contributed by atoms with van der Waals surface area (Å²) in [6, 6.07) is 10.6. The van der Waals surface area contributed by atoms with Crippen molar-refractivity contribution in [1.29, 1.82) is 0 Å². The van der Waals surface area contributed by atoms with Gasteiger partial charge in [-0.25, -0.2) is 9.80 Å². The van der Waals surface area contributed by atoms with Gasteiger partial charge >= 0.3 is 0 Å². The Labute approximate surface area is 203 Å². The molecule has 10 nitrogen and oxygen atoms in total. The smallest absolute Gasteiger partial charge is 0.238 e. The molecule has 0 spiro atoms. The van der Waals surface area contributed by atoms with E-state index in [1.54, 1.807) is 12.2 Å². The number of rotatable bonds is 4. The van der Waals surface area contributed by atoms with Crippen molar-refractivity contribution in [1.82, 2.24) is 0 Å². The number of benzene rings is 2. The van der Waals surface area contributed by atoms with Crippen LogP contribution in [0.3, 0.4) is 0 Å². The molecule has 7 rings (SSSR count). The lowest BCUT2D eigenvalue weighted by molar-refractivity contribution is -0.256. The number of anilines is 2. The van der Waals surface area contributed by atoms with Crippen LogP contribution in [0.5, 0.6) is 0 Å². The molecule has 0 aromatic heterocycles. The van der Waals surface area contributed by atoms with E-state index < -0.39 is 71.1 Å². The molecule has 3 aliphatic carbocycles. The third kappa shape index (κ3) is 2.78. The fraction of sp³-hybridized carbons (Fsp3) is 0.231. The summed E-state index contributed by atoms with van der Waals surface area (Å²) in [6.07, 6.45) is 3.40. The van der Waals surface area contributed by atoms with Gasteiger partial charge in [0.05, 0.1) is 47.0 Å². The van der Waals surface area contributed by atoms with Crippen LogP contribution in [0.4, 0.5) is 11.4 Å². The lowest BCUT2D eigenvalue weighted by Gasteiger charge is -2.44. The number of hydrogen-bond donors (Lipinski definition) is 0. The first-order chi connectivity index (χ1) is 17.2. The number of carboxylic acid groups (broad SMARTS) is 2. The maximum Gasteiger partial charge on any atom is 0.238 e. The fourth-order valence-electron chi connectivity index (χ4n) is 6.28. The zero-order valence-corrected chi connectivity index (χ0v) is 18.4. The van der Waals surface area contributed by atoms with Gasteiger partial charge in [-0.1, -0.05) is 36.4 Å². The van der Waals surface area contributed by atoms with Crippen LogP contribution in [0.2, 0.25) is 0 Å². The minimum Gasteiger partial charge on any atom is -0.545 e. The summed E-state index contributed by atoms with van der Waals surface area (Å²) in [7, 11) is 0. The van der Waals surface area contributed by atoms with E-state index in [0.29, 0.717) is 0 Å². The van der Waals surface area contributed by atoms with E-state index in [0.717, 1.165) is 9.80 Å². The van der Waals surface area contributed by atoms with Crippen LogP contribution < -0.4 is 20.0 Å². The minimum atomic E-state index is -1.45. The Bertz CT molecular complexity index is 1290. The minimum absolute atomic E-state index is 0.0871. The Morgan fingerprint density at radius 2 is 0.917 bits per heavy atom. The molecule has 2 aromatic carbocycles. The normalized spacial score (nSPS) is 30.1. The van der Waals surface area contributed by atoms with Crippen molar-refractivity contribution in [3.63, 3.8) is 0 Å². The number of carbonyl (C=O) groups is 6. The van der Waals surface area contributed by atoms with Gasteiger partial charge in [0, 0.05) is 11.8 Å². The summed E-state index contributed by atoms with van der Waals surface area (Å²) >= 11 is 0. The Hall–Kier alpha value is -4.60. The summed E-state index contributed by atoms with van der Waals surface area (Å²) in [6.45, 7) is 0. The van der Waals surface area contributed by atoms with Gasteiger partial charge in [-0.3, -0.25) is 19.2 Å². The van der Waals surface area contributed by atoms with Gasteiger partial charge in [-0.15, -0.1) is 0 Å². The monoisotopic (exact) mass is 484 g/mol. The third-order valence-corrected chi connectivity index (χ3v) is 7.69. The maximum absolute atomic E-state index is 13.5. The van der Waals surface area contributed by atoms with E-state index >= 15 is 0 Å². The van der Waals surface area contributed by atoms with Gasteiger partial charge in [0.25, 0.3) is 0 Å². The molecule has 3 fully saturated rings. The van der Waals surface area contributed by atoms with E-state index in [9.17, 15) is 39.0 Å². The second-order valence-corrected chi connectivity index (χ2v) is 9.34. The zero-order chi connectivity index (χ0) is 25.5. The van der Waals surface area contributed by atoms with Crippen molar-refractivity contribution in [3.8, 4) is 0 Å². The first-order valence-corrected chi connectivity index (χ1v) is 11.3. The van der Waals surface area contributed by atoms with E-state index in [1.165, 1.54) is 48.5 Å². The second-order valence-electron chi connectivity index (χ2n) is 9.34. The molecule has 2 aliphatic heterocycles. The largest absolute Gasteiger partial charge is 0.545 e. The standard InChI is InChI=1S/C26H18N2O8/c29-21-17-15-7-8-16(18(17)22(30)27(21)13-5-1-3-11(9-13)25(33)34)20-19(15)23(31)28(24(20)32)14-6-2-4-12(10-14)26(35)36/h1-10,15-20H,(H,33,34)(H,35,36)/p-2/t15?,16?,17-,18+,19+,20-. The first kappa shape index (κ1) is 21.9. The maximum atomic E-state index is 13.5. The molecule has 10 heteroatoms. The van der Waals surface area contributed by atoms with Crippen LogP contribution in [0.25, 0.3) is 0 Å². The molecule has 0 radical (unpaired) electrons. The molecular weight excluding hydrogens is 468 g/mol. The average Bonchev–Trinajstić information content (AvgIpc) is 3.31. The molecule has 4 amide bonds. The van der Waals surface area contributed by atoms with Gasteiger partial charge in [-0.2, -0.15) is 0 Å². The zero-order valence-electron chi connectivity index (χ0n) is 18.4. The third-order valence-electron chi connectivity index (χ3n) is 7.69. The van der Waals surface area contributed by atoms with Crippen LogP contribution in [0.1, 0.15) is 20.7 Å². The van der Waals surface area contributed by atoms with E-state index in [-0.39, 0.29) is 22.5 Å². The van der Waals surface area contributed by atoms with Gasteiger partial charge in [0.15, 0.2) is 0 Å². The molecular formula is C26H16N2O8-2. The number of imide groups is 2. The second kappa shape index (κ2) is 7.45. The Morgan fingerprint density at radius 1 is 0.583 bits per heavy atom. The lowest BCUT2D eigenvalue weighted by atomic mass is 9.54. The van der Waals surface area contributed by atoms with Gasteiger partial charge in [-0.05, 0) is 35.4 Å². The average molecular weight is 484 g/mol. The highest BCUT2D eigenvalue weighted by molar-refractivity contribution is 6.26. The molecule has 2 unspecified atom stereocenters. The number of nitrogens with zero attached hydrogens (tertiary/aromatic N) is 2. The topological polar surface area (TPSA) is 155 Å². The number of amides is 4. The molecule has 5 aliphatic rings. The van der Waals surface area contributed by atoms with Crippen LogP contribution in [0.15, 0.2) is 60.7 Å². The number of hydrogen-bond acceptors (Lipinski definition) is 8. The molecule has 2 heterocycles. The molecule has 36 heavy (non-hydrogen) atoms. The quantitative estimate of drug-likeness (QED) is 0.401. The van der Waals surface area contributed by atoms with Crippen molar-refractivity contribution in [2.24, 2.45) is 35.5 Å². The highest BCUT2D eigenvalue weighted by atomic mass is 16.4. The van der Waals surface area contributed by atoms with Crippen molar-refractivity contribution < 1.29 is 39.0 Å². The molecule has 1 saturated carbocycles. The van der Waals surface area contributed by atoms with Gasteiger partial charge in [0.1, 0.15) is 0 Å². The molecule has 6 atom stereocenters. The van der Waals surface area contributed by atoms with Crippen molar-refractivity contribution in [3.05, 3.63) is 71.8 Å². The number of aromatic carboxylic acids is 2. The highest BCUT2D eigenvalue weighted by Crippen LogP contribution is 2.58. The SMILES string of the molecule is O=C([O-])c1cccc(N2C(=O)[C@@H]3C4C=CC([C@H]5C(=O)N(c6cccc(C(=O)[O-])c6)C(=O)[C@@H]45)[C@@H]3C2=O)c1. The first-order valence-electron chi connectivity index (χ1n) is 11.3. The molecule has 2 aromatic rings. The lowest BCUT2D eigenvalue weighted by Crippen LogP contribution is -2.50. The fourth-order valence-corrected chi connectivity index (χ4v) is 6.28. The van der Waals surface area contributed by atoms with Crippen LogP contribution >= 0.6 is 0 Å². The van der Waals surface area contributed by atoms with Gasteiger partial charge in [0.2, 0.25) is 23.6 Å². The summed E-state index contributed by atoms with van der Waals surface area (Å²) < 4.78 is 0. The summed E-state index contributed by atoms with van der Waals surface area (Å²) in [5.41, 5.74) is -0.213. The van der Waals surface area contributed by atoms with Crippen LogP contribution in [-0.2, 0) is 19.2 Å². The molecule has 2 saturated heterocycles. The number of carbonyl (C=O) groups excluding carboxylic acids is 6. The summed E-state index contributed by atoms with van der Waals surface area (Å²) in [5, 5.41) is 22.6. The van der Waals surface area contributed by atoms with E-state index in [4.69, 9.17) is 0 Å². The molecule has 0 N–H and O–H groups in total. The van der Waals surface area contributed by atoms with E-state index in [2.05, 4.69) is 0 Å². The highest BCUT2D eigenvalue weighted by Gasteiger charge is 2.68. The number of carboxylic acids is 2. The Kier molecular flexibility index (Phi) is 4.53. The van der Waals surface area contributed by atoms with E-state index in [1.807, 2.05) is 0 Å². The van der Waals surface area contributed by atoms with Crippen molar-refractivity contribution >= 4 is 46.9 Å². The Balaban J connectivity index is 1.38. The van der Waals surface area contributed by atoms with Gasteiger partial charge < -0.3 is 19.8 Å². The predicted octanol–water partition coefficient (Wildman–Crippen LogP) is -0.859. The van der Waals surface area contributed by atoms with Crippen molar-refractivity contribution in [2.75, 3.05) is 9.80 Å². The van der Waals surface area contributed by atoms with Crippen LogP contribution in [0, 0.1) is 35.5 Å². The summed E-state index contributed by atoms with van der Waals surface area (Å²) in [5.74, 6) is -10.1. The van der Waals surface area contributed by atoms with Crippen molar-refractivity contribution in [2.45, 2.75) is 0 Å². The summed E-state index contributed by atoms with van der Waals surface area (Å²) in [4.78, 5) is 78.4. The Morgan fingerprint density at radius 3 is 1.22 bits per heavy atom. The molecule has 180 valence electrons. The molecule has 2 bridgehead atoms. The van der Waals surface area contributed by atoms with Crippen LogP contribution in [-0.4, -0.2) is 35.6 Å². The number of allylic oxidation sites excluding steroid dienone is 2. The predicted molar refractivity (Wildman–Crippen MR) is 117 cm³/mol.